The molecule has 0 spiro atoms. The molecule has 3 aromatic rings. The molecule has 0 unspecified atom stereocenters. The molecule has 0 saturated heterocycles. The molecule has 0 amide bonds. The molecule has 3 rings (SSSR count). The molecule has 480 valence electrons. The van der Waals surface area contributed by atoms with E-state index in [1.165, 1.54) is 37.1 Å². The number of unbranched alkanes of at least 4 members (excludes halogenated alkanes) is 20. The maximum Gasteiger partial charge on any atom is 1.00 e. The minimum atomic E-state index is -9.32. The van der Waals surface area contributed by atoms with Crippen molar-refractivity contribution in [3.8, 4) is 0 Å². The zero-order valence-corrected chi connectivity index (χ0v) is 57.1. The van der Waals surface area contributed by atoms with Crippen LogP contribution >= 0.6 is 76.7 Å². The second-order valence-electron chi connectivity index (χ2n) is 17.1. The van der Waals surface area contributed by atoms with Gasteiger partial charge in [-0.15, -0.1) is 12.6 Å². The van der Waals surface area contributed by atoms with E-state index in [0.29, 0.717) is 37.5 Å². The van der Waals surface area contributed by atoms with Gasteiger partial charge in [-0.05, 0) is 57.1 Å². The molecule has 0 aliphatic rings. The molecule has 0 bridgehead atoms. The first-order valence-electron chi connectivity index (χ1n) is 25.2. The summed E-state index contributed by atoms with van der Waals surface area (Å²) in [6.07, 6.45) is 21.0. The van der Waals surface area contributed by atoms with Gasteiger partial charge < -0.3 is 4.55 Å². The van der Waals surface area contributed by atoms with Crippen molar-refractivity contribution in [1.82, 2.24) is 0 Å². The Morgan fingerprint density at radius 3 is 0.780 bits per heavy atom. The SMILES string of the molecule is CCCCCCCCC/C=C/S(F)(F)(F)(F)F.CCCCCCCCC/C=C/S(F)(F)(F)(F)F.FS(F)(F)(F)(F)/C=C/CCCCCCCCBr.O=S(=O)([O-])c1ccccc1.O=S(=O)=O.[Cl][Al]([Cl])[Cl].[Na+].c1ccccc1.c1ccccc1. The van der Waals surface area contributed by atoms with Crippen LogP contribution in [0, 0.1) is 0 Å². The van der Waals surface area contributed by atoms with E-state index in [4.69, 9.17) is 42.8 Å². The van der Waals surface area contributed by atoms with Crippen LogP contribution in [0.3, 0.4) is 0 Å². The van der Waals surface area contributed by atoms with Gasteiger partial charge in [-0.25, -0.2) is 38.6 Å². The van der Waals surface area contributed by atoms with Crippen LogP contribution in [0.5, 0.6) is 0 Å². The molecular weight excluding hydrogens is 1380 g/mol. The summed E-state index contributed by atoms with van der Waals surface area (Å²) in [5.74, 6) is 0. The molecule has 0 radical (unpaired) electrons. The normalized spacial score (nSPS) is 13.8. The Hall–Kier alpha value is -0.708. The van der Waals surface area contributed by atoms with Crippen molar-refractivity contribution in [2.24, 2.45) is 0 Å². The molecule has 0 heterocycles. The summed E-state index contributed by atoms with van der Waals surface area (Å²) < 4.78 is 234. The number of benzene rings is 3. The summed E-state index contributed by atoms with van der Waals surface area (Å²) in [5.41, 5.74) is 0. The molecule has 0 aliphatic heterocycles. The molecule has 32 heteroatoms. The first-order chi connectivity index (χ1) is 36.7. The Bertz CT molecular complexity index is 2090. The molecule has 0 atom stereocenters. The van der Waals surface area contributed by atoms with Gasteiger partial charge in [0.25, 0.3) is 0 Å². The van der Waals surface area contributed by atoms with E-state index in [-0.39, 0.29) is 53.7 Å². The average molecular weight is 1460 g/mol. The second-order valence-corrected chi connectivity index (χ2v) is 33.2. The van der Waals surface area contributed by atoms with E-state index in [1.54, 1.807) is 6.07 Å². The molecule has 0 fully saturated rings. The third-order valence-electron chi connectivity index (χ3n) is 9.13. The molecule has 0 N–H and O–H groups in total. The van der Waals surface area contributed by atoms with E-state index in [2.05, 4.69) is 29.8 Å². The van der Waals surface area contributed by atoms with Gasteiger partial charge in [0.2, 0.25) is 0 Å². The van der Waals surface area contributed by atoms with Crippen LogP contribution in [-0.2, 0) is 20.7 Å². The maximum atomic E-state index is 11.8. The summed E-state index contributed by atoms with van der Waals surface area (Å²) >= 11 is 1.58. The van der Waals surface area contributed by atoms with Crippen LogP contribution < -0.4 is 29.6 Å². The van der Waals surface area contributed by atoms with E-state index in [0.717, 1.165) is 102 Å². The monoisotopic (exact) mass is 1450 g/mol. The van der Waals surface area contributed by atoms with Crippen LogP contribution in [0.15, 0.2) is 142 Å². The number of allylic oxidation sites excluding steroid dienone is 3. The summed E-state index contributed by atoms with van der Waals surface area (Å²) in [5, 5.41) is -1.56. The van der Waals surface area contributed by atoms with Crippen LogP contribution in [0.25, 0.3) is 0 Å². The van der Waals surface area contributed by atoms with Gasteiger partial charge in [0.05, 0.1) is 21.1 Å². The Labute approximate surface area is 526 Å². The van der Waals surface area contributed by atoms with E-state index in [9.17, 15) is 71.3 Å². The molecule has 0 aromatic heterocycles. The van der Waals surface area contributed by atoms with E-state index >= 15 is 0 Å². The van der Waals surface area contributed by atoms with Gasteiger partial charge in [0.1, 0.15) is 10.1 Å². The van der Waals surface area contributed by atoms with Crippen LogP contribution in [0.1, 0.15) is 162 Å². The van der Waals surface area contributed by atoms with E-state index < -0.39 is 79.0 Å². The Morgan fingerprint density at radius 1 is 0.427 bits per heavy atom. The summed E-state index contributed by atoms with van der Waals surface area (Å²) in [4.78, 5) is -0.185. The van der Waals surface area contributed by atoms with Crippen LogP contribution in [0.4, 0.5) is 58.3 Å². The summed E-state index contributed by atoms with van der Waals surface area (Å²) in [7, 11) is -20.5. The van der Waals surface area contributed by atoms with Gasteiger partial charge in [-0.3, -0.25) is 0 Å². The number of halogens is 19. The van der Waals surface area contributed by atoms with Crippen molar-refractivity contribution in [3.05, 3.63) is 138 Å². The van der Waals surface area contributed by atoms with Crippen LogP contribution in [0.2, 0.25) is 0 Å². The number of hydrogen-bond donors (Lipinski definition) is 0. The van der Waals surface area contributed by atoms with Gasteiger partial charge in [-0.1, -0.05) is 300 Å². The fraction of sp³-hybridized carbons (Fsp3) is 0.520. The van der Waals surface area contributed by atoms with Crippen molar-refractivity contribution in [2.45, 2.75) is 166 Å². The van der Waals surface area contributed by atoms with Crippen molar-refractivity contribution >= 4 is 109 Å². The molecule has 82 heavy (non-hydrogen) atoms. The molecule has 3 aromatic carbocycles. The Morgan fingerprint density at radius 2 is 0.610 bits per heavy atom. The van der Waals surface area contributed by atoms with Gasteiger partial charge >= 0.3 is 82.2 Å². The number of hydrogen-bond acceptors (Lipinski definition) is 6. The van der Waals surface area contributed by atoms with Crippen molar-refractivity contribution in [1.29, 1.82) is 0 Å². The van der Waals surface area contributed by atoms with E-state index in [1.807, 2.05) is 72.8 Å². The van der Waals surface area contributed by atoms with Crippen LogP contribution in [-0.4, -0.2) is 42.3 Å². The predicted molar refractivity (Wildman–Crippen MR) is 318 cm³/mol. The smallest absolute Gasteiger partial charge is 0.744 e. The predicted octanol–water partition coefficient (Wildman–Crippen LogP) is 22.5. The molecular formula is C50H77AlBrCl3F15NaO6S5. The largest absolute Gasteiger partial charge is 1.00 e. The number of alkyl halides is 1. The van der Waals surface area contributed by atoms with Gasteiger partial charge in [0.15, 0.2) is 0 Å². The van der Waals surface area contributed by atoms with Gasteiger partial charge in [0, 0.05) is 5.33 Å². The third-order valence-corrected chi connectivity index (χ3v) is 12.7. The van der Waals surface area contributed by atoms with Gasteiger partial charge in [-0.2, -0.15) is 0 Å². The number of rotatable bonds is 28. The maximum absolute atomic E-state index is 11.8. The van der Waals surface area contributed by atoms with Crippen molar-refractivity contribution < 1.29 is 113 Å². The zero-order chi connectivity index (χ0) is 63.7. The molecule has 6 nitrogen and oxygen atoms in total. The first kappa shape index (κ1) is 92.4. The van der Waals surface area contributed by atoms with Crippen molar-refractivity contribution in [2.75, 3.05) is 5.33 Å². The zero-order valence-electron chi connectivity index (χ0n) is 46.0. The average Bonchev–Trinajstić information content (AvgIpc) is 3.32. The Kier molecular flexibility index (Phi) is 50.4. The summed E-state index contributed by atoms with van der Waals surface area (Å²) in [6, 6.07) is 31.2. The minimum absolute atomic E-state index is 0. The Balaban J connectivity index is -0.000000211. The standard InChI is InChI=1S/2C11H21F5S.C10H18BrF5S.C6H6O3S.2C6H6.Al.3ClH.Na.O3S/c2*1-2-3-4-5-6-7-8-9-10-11-17(12,13,14,15)16;11-9-7-5-3-1-2-4-6-8-10-17(12,13,14,15)16;7-10(8,9)6-4-2-1-3-5-6;2*1-2-4-6-5-3-1;;;;;;1-4(2)3/h2*10-11H,2-9H2,1H3;8,10H,1-7,9H2;1-5H,(H,7,8,9);2*1-6H;;3*1H;;/q;;;;;;+3;;;;+1;/p-4/b2*11-10+;10-8+;;;;;;;;;. The fourth-order valence-corrected chi connectivity index (χ4v) is 8.00. The minimum Gasteiger partial charge on any atom is -0.744 e. The van der Waals surface area contributed by atoms with Crippen molar-refractivity contribution in [3.63, 3.8) is 0 Å². The second kappa shape index (κ2) is 44.7. The topological polar surface area (TPSA) is 108 Å². The molecule has 0 saturated carbocycles. The quantitative estimate of drug-likeness (QED) is 0.0236. The summed E-state index contributed by atoms with van der Waals surface area (Å²) in [6.45, 7) is 4.20. The molecule has 0 aliphatic carbocycles. The third kappa shape index (κ3) is 107. The fourth-order valence-electron chi connectivity index (χ4n) is 5.61. The first-order valence-corrected chi connectivity index (χ1v) is 40.0.